The molecule has 1 aromatic carbocycles. The van der Waals surface area contributed by atoms with Crippen molar-refractivity contribution in [2.24, 2.45) is 11.8 Å². The lowest BCUT2D eigenvalue weighted by molar-refractivity contribution is 0.140. The van der Waals surface area contributed by atoms with E-state index in [1.807, 2.05) is 31.2 Å². The Hall–Kier alpha value is -2.56. The van der Waals surface area contributed by atoms with Crippen molar-refractivity contribution in [1.29, 1.82) is 0 Å². The molecule has 0 aliphatic carbocycles. The van der Waals surface area contributed by atoms with Crippen molar-refractivity contribution in [1.82, 2.24) is 9.97 Å². The predicted molar refractivity (Wildman–Crippen MR) is 109 cm³/mol. The quantitative estimate of drug-likeness (QED) is 0.460. The van der Waals surface area contributed by atoms with Gasteiger partial charge in [-0.3, -0.25) is 4.98 Å². The van der Waals surface area contributed by atoms with Crippen LogP contribution in [-0.2, 0) is 0 Å². The van der Waals surface area contributed by atoms with Gasteiger partial charge in [-0.2, -0.15) is 0 Å². The lowest BCUT2D eigenvalue weighted by Gasteiger charge is -2.17. The molecule has 2 heterocycles. The van der Waals surface area contributed by atoms with E-state index in [0.717, 1.165) is 28.5 Å². The average Bonchev–Trinajstić information content (AvgIpc) is 2.65. The first-order valence-electron chi connectivity index (χ1n) is 9.61. The minimum atomic E-state index is -2.65. The van der Waals surface area contributed by atoms with Crippen molar-refractivity contribution in [3.63, 3.8) is 0 Å². The molecule has 1 atom stereocenters. The highest BCUT2D eigenvalue weighted by atomic mass is 19.3. The predicted octanol–water partition coefficient (Wildman–Crippen LogP) is 6.60. The molecule has 5 heteroatoms. The molecule has 0 radical (unpaired) electrons. The lowest BCUT2D eigenvalue weighted by atomic mass is 10.00. The van der Waals surface area contributed by atoms with Gasteiger partial charge < -0.3 is 4.74 Å². The summed E-state index contributed by atoms with van der Waals surface area (Å²) in [6.07, 6.45) is 1.61. The molecule has 148 valence electrons. The molecular weight excluding hydrogens is 358 g/mol. The van der Waals surface area contributed by atoms with Crippen molar-refractivity contribution in [3.05, 3.63) is 53.9 Å². The van der Waals surface area contributed by atoms with E-state index in [1.165, 1.54) is 6.07 Å². The van der Waals surface area contributed by atoms with Crippen LogP contribution >= 0.6 is 0 Å². The van der Waals surface area contributed by atoms with Gasteiger partial charge in [-0.1, -0.05) is 32.9 Å². The SMILES string of the molecule is Cc1ccc2c(-c3cnc(OCC(C)CC(C)C)c(C(F)F)c3)ccnc2c1. The molecule has 28 heavy (non-hydrogen) atoms. The van der Waals surface area contributed by atoms with Gasteiger partial charge in [0.1, 0.15) is 0 Å². The number of rotatable bonds is 7. The van der Waals surface area contributed by atoms with Gasteiger partial charge >= 0.3 is 0 Å². The fourth-order valence-electron chi connectivity index (χ4n) is 3.50. The first-order chi connectivity index (χ1) is 13.3. The number of aromatic nitrogens is 2. The summed E-state index contributed by atoms with van der Waals surface area (Å²) in [6.45, 7) is 8.70. The van der Waals surface area contributed by atoms with Gasteiger partial charge in [0.15, 0.2) is 0 Å². The van der Waals surface area contributed by atoms with Gasteiger partial charge in [0.2, 0.25) is 5.88 Å². The zero-order valence-corrected chi connectivity index (χ0v) is 16.7. The third-order valence-electron chi connectivity index (χ3n) is 4.70. The van der Waals surface area contributed by atoms with Crippen LogP contribution in [0.4, 0.5) is 8.78 Å². The zero-order chi connectivity index (χ0) is 20.3. The highest BCUT2D eigenvalue weighted by Crippen LogP contribution is 2.34. The Labute approximate surface area is 164 Å². The van der Waals surface area contributed by atoms with Gasteiger partial charge in [0.25, 0.3) is 6.43 Å². The van der Waals surface area contributed by atoms with Gasteiger partial charge in [-0.25, -0.2) is 13.8 Å². The summed E-state index contributed by atoms with van der Waals surface area (Å²) in [4.78, 5) is 8.61. The fraction of sp³-hybridized carbons (Fsp3) is 0.391. The Balaban J connectivity index is 1.93. The van der Waals surface area contributed by atoms with Crippen LogP contribution in [0.5, 0.6) is 5.88 Å². The van der Waals surface area contributed by atoms with Crippen LogP contribution < -0.4 is 4.74 Å². The molecule has 0 N–H and O–H groups in total. The molecule has 0 saturated heterocycles. The summed E-state index contributed by atoms with van der Waals surface area (Å²) in [5.41, 5.74) is 3.22. The van der Waals surface area contributed by atoms with E-state index < -0.39 is 6.43 Å². The Kier molecular flexibility index (Phi) is 6.22. The molecule has 3 nitrogen and oxygen atoms in total. The van der Waals surface area contributed by atoms with Gasteiger partial charge in [0, 0.05) is 23.3 Å². The van der Waals surface area contributed by atoms with Gasteiger partial charge in [-0.15, -0.1) is 0 Å². The van der Waals surface area contributed by atoms with Crippen LogP contribution in [0.2, 0.25) is 0 Å². The molecule has 0 fully saturated rings. The van der Waals surface area contributed by atoms with Gasteiger partial charge in [-0.05, 0) is 54.5 Å². The topological polar surface area (TPSA) is 35.0 Å². The molecule has 2 aromatic heterocycles. The fourth-order valence-corrected chi connectivity index (χ4v) is 3.50. The zero-order valence-electron chi connectivity index (χ0n) is 16.7. The number of fused-ring (bicyclic) bond motifs is 1. The highest BCUT2D eigenvalue weighted by molar-refractivity contribution is 5.94. The molecule has 3 rings (SSSR count). The molecule has 1 unspecified atom stereocenters. The summed E-state index contributed by atoms with van der Waals surface area (Å²) in [5, 5.41) is 0.911. The number of pyridine rings is 2. The van der Waals surface area contributed by atoms with Crippen molar-refractivity contribution < 1.29 is 13.5 Å². The summed E-state index contributed by atoms with van der Waals surface area (Å²) in [5.74, 6) is 0.829. The first-order valence-corrected chi connectivity index (χ1v) is 9.61. The summed E-state index contributed by atoms with van der Waals surface area (Å²) in [6, 6.07) is 9.24. The van der Waals surface area contributed by atoms with Crippen molar-refractivity contribution in [2.45, 2.75) is 40.5 Å². The maximum atomic E-state index is 13.7. The van der Waals surface area contributed by atoms with E-state index in [1.54, 1.807) is 12.4 Å². The molecule has 0 saturated carbocycles. The van der Waals surface area contributed by atoms with E-state index in [-0.39, 0.29) is 17.4 Å². The lowest BCUT2D eigenvalue weighted by Crippen LogP contribution is -2.12. The van der Waals surface area contributed by atoms with E-state index in [4.69, 9.17) is 4.74 Å². The molecule has 0 aliphatic heterocycles. The maximum Gasteiger partial charge on any atom is 0.269 e. The first kappa shape index (κ1) is 20.2. The van der Waals surface area contributed by atoms with Crippen LogP contribution in [0.25, 0.3) is 22.0 Å². The number of hydrogen-bond donors (Lipinski definition) is 0. The molecule has 0 aliphatic rings. The molecular formula is C23H26F2N2O. The minimum absolute atomic E-state index is 0.0172. The molecule has 0 bridgehead atoms. The maximum absolute atomic E-state index is 13.7. The molecule has 0 spiro atoms. The molecule has 3 aromatic rings. The summed E-state index contributed by atoms with van der Waals surface area (Å²) >= 11 is 0. The van der Waals surface area contributed by atoms with Crippen LogP contribution in [0, 0.1) is 18.8 Å². The number of alkyl halides is 2. The highest BCUT2D eigenvalue weighted by Gasteiger charge is 2.19. The van der Waals surface area contributed by atoms with E-state index >= 15 is 0 Å². The Morgan fingerprint density at radius 3 is 2.54 bits per heavy atom. The summed E-state index contributed by atoms with van der Waals surface area (Å²) in [7, 11) is 0. The van der Waals surface area contributed by atoms with Crippen LogP contribution in [0.1, 0.15) is 44.7 Å². The number of aryl methyl sites for hydroxylation is 1. The summed E-state index contributed by atoms with van der Waals surface area (Å²) < 4.78 is 33.0. The van der Waals surface area contributed by atoms with Crippen molar-refractivity contribution in [3.8, 4) is 17.0 Å². The third kappa shape index (κ3) is 4.64. The van der Waals surface area contributed by atoms with Crippen LogP contribution in [0.3, 0.4) is 0 Å². The third-order valence-corrected chi connectivity index (χ3v) is 4.70. The van der Waals surface area contributed by atoms with Crippen molar-refractivity contribution >= 4 is 10.9 Å². The molecule has 0 amide bonds. The standard InChI is InChI=1S/C23H26F2N2O/c1-14(2)9-16(4)13-28-23-20(22(24)25)11-17(12-27-23)18-7-8-26-21-10-15(3)5-6-19(18)21/h5-8,10-12,14,16,22H,9,13H2,1-4H3. The Bertz CT molecular complexity index is 956. The van der Waals surface area contributed by atoms with Gasteiger partial charge in [0.05, 0.1) is 17.7 Å². The average molecular weight is 384 g/mol. The van der Waals surface area contributed by atoms with Crippen LogP contribution in [0.15, 0.2) is 42.7 Å². The number of nitrogens with zero attached hydrogens (tertiary/aromatic N) is 2. The normalized spacial score (nSPS) is 12.7. The Morgan fingerprint density at radius 1 is 1.04 bits per heavy atom. The van der Waals surface area contributed by atoms with E-state index in [2.05, 4.69) is 30.7 Å². The minimum Gasteiger partial charge on any atom is -0.477 e. The monoisotopic (exact) mass is 384 g/mol. The van der Waals surface area contributed by atoms with E-state index in [0.29, 0.717) is 18.1 Å². The number of hydrogen-bond acceptors (Lipinski definition) is 3. The smallest absolute Gasteiger partial charge is 0.269 e. The number of ether oxygens (including phenoxy) is 1. The second-order valence-corrected chi connectivity index (χ2v) is 7.84. The second kappa shape index (κ2) is 8.63. The van der Waals surface area contributed by atoms with E-state index in [9.17, 15) is 8.78 Å². The van der Waals surface area contributed by atoms with Crippen LogP contribution in [-0.4, -0.2) is 16.6 Å². The number of halogens is 2. The second-order valence-electron chi connectivity index (χ2n) is 7.84. The van der Waals surface area contributed by atoms with Crippen molar-refractivity contribution in [2.75, 3.05) is 6.61 Å². The Morgan fingerprint density at radius 2 is 1.82 bits per heavy atom. The largest absolute Gasteiger partial charge is 0.477 e. The number of benzene rings is 1.